The summed E-state index contributed by atoms with van der Waals surface area (Å²) in [5.74, 6) is -1.46. The zero-order valence-corrected chi connectivity index (χ0v) is 41.1. The number of likely N-dealkylation sites (tertiary alicyclic amines) is 1. The van der Waals surface area contributed by atoms with Crippen LogP contribution in [0.4, 0.5) is 10.5 Å². The van der Waals surface area contributed by atoms with Crippen LogP contribution in [0.3, 0.4) is 0 Å². The number of amides is 6. The zero-order valence-electron chi connectivity index (χ0n) is 39.5. The number of benzene rings is 3. The highest BCUT2D eigenvalue weighted by atomic mass is 32.2. The lowest BCUT2D eigenvalue weighted by Crippen LogP contribution is -2.57. The number of thioether (sulfide) groups is 1. The second-order valence-corrected chi connectivity index (χ2v) is 21.0. The number of anilines is 1. The number of carbonyl (C=O) groups excluding carboxylic acids is 6. The number of aliphatic hydroxyl groups is 1. The monoisotopic (exact) mass is 961 g/mol. The maximum atomic E-state index is 14.2. The average Bonchev–Trinajstić information content (AvgIpc) is 4.02. The maximum Gasteiger partial charge on any atom is 0.290 e. The van der Waals surface area contributed by atoms with Crippen LogP contribution in [0, 0.1) is 12.3 Å². The highest BCUT2D eigenvalue weighted by molar-refractivity contribution is 8.18. The number of para-hydroxylation sites is 1. The van der Waals surface area contributed by atoms with E-state index < -0.39 is 40.7 Å². The molecule has 5 atom stereocenters. The van der Waals surface area contributed by atoms with Crippen molar-refractivity contribution in [3.63, 3.8) is 0 Å². The van der Waals surface area contributed by atoms with Crippen molar-refractivity contribution < 1.29 is 33.9 Å². The minimum Gasteiger partial charge on any atom is -0.391 e. The summed E-state index contributed by atoms with van der Waals surface area (Å²) in [7, 11) is 0. The van der Waals surface area contributed by atoms with E-state index in [9.17, 15) is 33.9 Å². The second kappa shape index (κ2) is 22.5. The highest BCUT2D eigenvalue weighted by Crippen LogP contribution is 2.39. The van der Waals surface area contributed by atoms with Crippen LogP contribution in [0.25, 0.3) is 27.6 Å². The first kappa shape index (κ1) is 50.0. The molecule has 6 amide bonds. The number of imide groups is 1. The number of piperidine rings is 1. The molecule has 4 aromatic rings. The predicted octanol–water partition coefficient (Wildman–Crippen LogP) is 7.91. The van der Waals surface area contributed by atoms with E-state index in [-0.39, 0.29) is 49.2 Å². The van der Waals surface area contributed by atoms with Gasteiger partial charge in [0.15, 0.2) is 0 Å². The van der Waals surface area contributed by atoms with Crippen molar-refractivity contribution in [1.29, 1.82) is 0 Å². The molecule has 360 valence electrons. The van der Waals surface area contributed by atoms with E-state index in [0.29, 0.717) is 30.7 Å². The summed E-state index contributed by atoms with van der Waals surface area (Å²) in [6.07, 6.45) is 6.00. The summed E-state index contributed by atoms with van der Waals surface area (Å²) in [5, 5.41) is 21.9. The van der Waals surface area contributed by atoms with E-state index >= 15 is 0 Å². The van der Waals surface area contributed by atoms with Crippen LogP contribution in [-0.2, 0) is 24.0 Å². The molecule has 7 rings (SSSR count). The molecule has 0 radical (unpaired) electrons. The molecule has 3 aliphatic rings. The van der Waals surface area contributed by atoms with Gasteiger partial charge in [0.05, 0.1) is 38.8 Å². The van der Waals surface area contributed by atoms with Gasteiger partial charge in [0.1, 0.15) is 12.1 Å². The van der Waals surface area contributed by atoms with Gasteiger partial charge in [-0.3, -0.25) is 34.1 Å². The molecule has 0 saturated carbocycles. The van der Waals surface area contributed by atoms with E-state index in [4.69, 9.17) is 0 Å². The topological polar surface area (TPSA) is 190 Å². The van der Waals surface area contributed by atoms with Crippen LogP contribution < -0.4 is 26.2 Å². The minimum atomic E-state index is -0.913. The van der Waals surface area contributed by atoms with E-state index in [1.54, 1.807) is 17.4 Å². The molecule has 3 fully saturated rings. The third kappa shape index (κ3) is 12.6. The van der Waals surface area contributed by atoms with Crippen molar-refractivity contribution in [2.24, 2.45) is 5.41 Å². The number of carbonyl (C=O) groups is 6. The lowest BCUT2D eigenvalue weighted by atomic mass is 9.85. The predicted molar refractivity (Wildman–Crippen MR) is 268 cm³/mol. The van der Waals surface area contributed by atoms with Gasteiger partial charge < -0.3 is 30.9 Å². The number of aromatic nitrogens is 1. The molecule has 68 heavy (non-hydrogen) atoms. The van der Waals surface area contributed by atoms with Crippen LogP contribution in [0.2, 0.25) is 0 Å². The molecule has 3 saturated heterocycles. The molecule has 5 N–H and O–H groups in total. The second-order valence-electron chi connectivity index (χ2n) is 19.1. The number of β-amino-alcohol motifs (C(OH)–C–C–N with tert-alkyl or cyclic N) is 1. The largest absolute Gasteiger partial charge is 0.391 e. The Balaban J connectivity index is 0.866. The zero-order chi connectivity index (χ0) is 48.5. The van der Waals surface area contributed by atoms with E-state index in [1.165, 1.54) is 4.90 Å². The Morgan fingerprint density at radius 2 is 1.62 bits per heavy atom. The first-order chi connectivity index (χ1) is 32.5. The number of aryl methyl sites for hydroxylation is 1. The quantitative estimate of drug-likeness (QED) is 0.0514. The Morgan fingerprint density at radius 3 is 2.28 bits per heavy atom. The fraction of sp³-hybridized carbons (Fsp3) is 0.442. The van der Waals surface area contributed by atoms with Gasteiger partial charge in [-0.15, -0.1) is 11.3 Å². The van der Waals surface area contributed by atoms with Crippen molar-refractivity contribution in [2.75, 3.05) is 24.5 Å². The highest BCUT2D eigenvalue weighted by Gasteiger charge is 2.44. The summed E-state index contributed by atoms with van der Waals surface area (Å²) >= 11 is 2.47. The molecule has 1 aromatic heterocycles. The van der Waals surface area contributed by atoms with Crippen LogP contribution in [0.15, 0.2) is 83.2 Å². The number of aliphatic hydroxyl groups excluding tert-OH is 1. The van der Waals surface area contributed by atoms with Gasteiger partial charge in [-0.05, 0) is 85.0 Å². The Labute approximate surface area is 407 Å². The lowest BCUT2D eigenvalue weighted by molar-refractivity contribution is -0.144. The molecule has 0 aliphatic carbocycles. The number of nitrogens with one attached hydrogen (secondary N) is 4. The Hall–Kier alpha value is -5.84. The molecule has 0 bridgehead atoms. The van der Waals surface area contributed by atoms with Gasteiger partial charge in [-0.1, -0.05) is 106 Å². The van der Waals surface area contributed by atoms with Crippen LogP contribution in [-0.4, -0.2) is 93.6 Å². The third-order valence-electron chi connectivity index (χ3n) is 12.8. The normalized spacial score (nSPS) is 20.0. The number of rotatable bonds is 17. The molecule has 3 aliphatic heterocycles. The van der Waals surface area contributed by atoms with Crippen molar-refractivity contribution >= 4 is 69.6 Å². The molecule has 0 spiro atoms. The van der Waals surface area contributed by atoms with Crippen LogP contribution in [0.5, 0.6) is 0 Å². The van der Waals surface area contributed by atoms with Crippen LogP contribution in [0.1, 0.15) is 108 Å². The maximum absolute atomic E-state index is 14.2. The molecule has 14 nitrogen and oxygen atoms in total. The Bertz CT molecular complexity index is 2500. The van der Waals surface area contributed by atoms with E-state index in [0.717, 1.165) is 88.1 Å². The first-order valence-electron chi connectivity index (χ1n) is 23.6. The van der Waals surface area contributed by atoms with Gasteiger partial charge in [0, 0.05) is 50.5 Å². The molecular formula is C52H63N7O7S2. The summed E-state index contributed by atoms with van der Waals surface area (Å²) in [4.78, 5) is 88.3. The molecule has 3 aromatic carbocycles. The van der Waals surface area contributed by atoms with Gasteiger partial charge in [0.25, 0.3) is 11.1 Å². The fourth-order valence-electron chi connectivity index (χ4n) is 9.21. The summed E-state index contributed by atoms with van der Waals surface area (Å²) in [6, 6.07) is 21.7. The SMILES string of the molecule is Cc1ncsc1-c1ccc([C@H](C)NC(=O)[C@@H]2C[C@@H](O)CN2C(=O)[C@@H](NC(=O)CCCCCCC(=O)N[C@H]2CCCN(c3c(/C=C4\SC(=O)NC4=O)cccc3-c3ccccc3)C2)C(C)(C)C)cc1. The number of hydrogen-bond donors (Lipinski definition) is 5. The van der Waals surface area contributed by atoms with Crippen molar-refractivity contribution in [3.05, 3.63) is 100 Å². The van der Waals surface area contributed by atoms with Crippen LogP contribution >= 0.6 is 23.1 Å². The number of unbranched alkanes of at least 4 members (excludes halogenated alkanes) is 3. The van der Waals surface area contributed by atoms with Crippen molar-refractivity contribution in [1.82, 2.24) is 31.2 Å². The first-order valence-corrected chi connectivity index (χ1v) is 25.3. The number of thiazole rings is 1. The smallest absolute Gasteiger partial charge is 0.290 e. The van der Waals surface area contributed by atoms with Gasteiger partial charge in [-0.2, -0.15) is 0 Å². The lowest BCUT2D eigenvalue weighted by Gasteiger charge is -2.37. The van der Waals surface area contributed by atoms with Gasteiger partial charge >= 0.3 is 0 Å². The summed E-state index contributed by atoms with van der Waals surface area (Å²) in [5.41, 5.74) is 7.87. The number of nitrogens with zero attached hydrogens (tertiary/aromatic N) is 3. The molecule has 0 unspecified atom stereocenters. The minimum absolute atomic E-state index is 0.00460. The fourth-order valence-corrected chi connectivity index (χ4v) is 10.7. The number of hydrogen-bond acceptors (Lipinski definition) is 11. The summed E-state index contributed by atoms with van der Waals surface area (Å²) in [6.45, 7) is 10.8. The van der Waals surface area contributed by atoms with E-state index in [1.807, 2.05) is 107 Å². The van der Waals surface area contributed by atoms with E-state index in [2.05, 4.69) is 37.2 Å². The average molecular weight is 962 g/mol. The van der Waals surface area contributed by atoms with Gasteiger partial charge in [0.2, 0.25) is 23.6 Å². The molecule has 16 heteroatoms. The van der Waals surface area contributed by atoms with Crippen molar-refractivity contribution in [2.45, 2.75) is 123 Å². The van der Waals surface area contributed by atoms with Gasteiger partial charge in [-0.25, -0.2) is 4.98 Å². The molecule has 4 heterocycles. The standard InChI is InChI=1S/C52H63N7O7S2/c1-32(34-22-24-36(25-23-34)46-33(2)53-31-67-46)54-48(63)41-28-39(60)30-59(41)50(65)47(52(3,4)5)56-44(62)21-12-7-6-11-20-43(61)55-38-18-14-26-58(29-38)45-37(27-42-49(64)57-51(66)68-42)17-13-19-40(45)35-15-9-8-10-16-35/h8-10,13,15-17,19,22-25,27,31-32,38-39,41,47,60H,6-7,11-12,14,18,20-21,26,28-30H2,1-5H3,(H,54,63)(H,55,61)(H,56,62)(H,57,64,66)/b42-27-/t32-,38-,39+,41-,47+/m0/s1. The third-order valence-corrected chi connectivity index (χ3v) is 14.6. The Kier molecular flexibility index (Phi) is 16.6. The summed E-state index contributed by atoms with van der Waals surface area (Å²) < 4.78 is 0. The van der Waals surface area contributed by atoms with Crippen molar-refractivity contribution in [3.8, 4) is 21.6 Å². The molecular weight excluding hydrogens is 899 g/mol. The Morgan fingerprint density at radius 1 is 0.897 bits per heavy atom.